The number of ether oxygens (including phenoxy) is 1. The van der Waals surface area contributed by atoms with E-state index >= 15 is 0 Å². The van der Waals surface area contributed by atoms with Crippen LogP contribution in [0.5, 0.6) is 5.75 Å². The summed E-state index contributed by atoms with van der Waals surface area (Å²) >= 11 is 0. The van der Waals surface area contributed by atoms with Crippen LogP contribution >= 0.6 is 0 Å². The van der Waals surface area contributed by atoms with Gasteiger partial charge < -0.3 is 4.74 Å². The average Bonchev–Trinajstić information content (AvgIpc) is 2.46. The summed E-state index contributed by atoms with van der Waals surface area (Å²) in [6.45, 7) is 0. The van der Waals surface area contributed by atoms with E-state index in [2.05, 4.69) is 6.07 Å². The van der Waals surface area contributed by atoms with Gasteiger partial charge in [-0.15, -0.1) is 0 Å². The molecule has 0 aliphatic rings. The van der Waals surface area contributed by atoms with Crippen molar-refractivity contribution in [1.82, 2.24) is 0 Å². The van der Waals surface area contributed by atoms with E-state index in [0.717, 1.165) is 5.56 Å². The molecule has 0 spiro atoms. The second-order valence-corrected chi connectivity index (χ2v) is 3.93. The Balaban J connectivity index is 2.44. The second-order valence-electron chi connectivity index (χ2n) is 3.93. The first-order chi connectivity index (χ1) is 9.24. The molecule has 19 heavy (non-hydrogen) atoms. The van der Waals surface area contributed by atoms with Gasteiger partial charge in [0.2, 0.25) is 0 Å². The molecule has 0 radical (unpaired) electrons. The van der Waals surface area contributed by atoms with E-state index in [9.17, 15) is 9.65 Å². The molecule has 0 bridgehead atoms. The summed E-state index contributed by atoms with van der Waals surface area (Å²) in [6.07, 6.45) is 1.76. The number of hydrogen-bond donors (Lipinski definition) is 0. The van der Waals surface area contributed by atoms with Crippen LogP contribution in [0.4, 0.5) is 4.39 Å². The zero-order chi connectivity index (χ0) is 13.7. The summed E-state index contributed by atoms with van der Waals surface area (Å²) in [5, 5.41) is 9.22. The van der Waals surface area contributed by atoms with Gasteiger partial charge in [-0.25, -0.2) is 4.39 Å². The summed E-state index contributed by atoms with van der Waals surface area (Å²) in [5.41, 5.74) is 2.01. The van der Waals surface area contributed by atoms with Crippen molar-refractivity contribution in [2.24, 2.45) is 0 Å². The molecule has 0 amide bonds. The van der Waals surface area contributed by atoms with Crippen LogP contribution in [0.3, 0.4) is 0 Å². The topological polar surface area (TPSA) is 33.0 Å². The van der Waals surface area contributed by atoms with Gasteiger partial charge >= 0.3 is 0 Å². The van der Waals surface area contributed by atoms with Gasteiger partial charge in [-0.05, 0) is 29.3 Å². The Morgan fingerprint density at radius 2 is 1.95 bits per heavy atom. The fraction of sp³-hybridized carbons (Fsp3) is 0.0625. The van der Waals surface area contributed by atoms with Crippen molar-refractivity contribution in [3.8, 4) is 11.8 Å². The van der Waals surface area contributed by atoms with Crippen molar-refractivity contribution >= 4 is 11.6 Å². The minimum atomic E-state index is -0.441. The van der Waals surface area contributed by atoms with Crippen molar-refractivity contribution in [1.29, 1.82) is 5.26 Å². The first-order valence-electron chi connectivity index (χ1n) is 5.75. The van der Waals surface area contributed by atoms with Crippen LogP contribution < -0.4 is 4.74 Å². The number of halogens is 1. The van der Waals surface area contributed by atoms with Gasteiger partial charge in [0, 0.05) is 0 Å². The molecule has 0 N–H and O–H groups in total. The largest absolute Gasteiger partial charge is 0.494 e. The Kier molecular flexibility index (Phi) is 3.94. The zero-order valence-electron chi connectivity index (χ0n) is 10.4. The Morgan fingerprint density at radius 3 is 2.58 bits per heavy atom. The van der Waals surface area contributed by atoms with Crippen LogP contribution in [0.25, 0.3) is 11.6 Å². The van der Waals surface area contributed by atoms with Crippen molar-refractivity contribution < 1.29 is 9.13 Å². The first kappa shape index (κ1) is 12.8. The molecule has 0 aromatic heterocycles. The predicted octanol–water partition coefficient (Wildman–Crippen LogP) is 3.90. The molecule has 2 aromatic rings. The van der Waals surface area contributed by atoms with Crippen molar-refractivity contribution in [2.45, 2.75) is 0 Å². The van der Waals surface area contributed by atoms with Gasteiger partial charge in [-0.2, -0.15) is 5.26 Å². The summed E-state index contributed by atoms with van der Waals surface area (Å²) in [4.78, 5) is 0. The van der Waals surface area contributed by atoms with Crippen molar-refractivity contribution in [3.05, 3.63) is 65.5 Å². The Bertz CT molecular complexity index is 642. The normalized spacial score (nSPS) is 10.9. The molecule has 3 heteroatoms. The molecule has 2 rings (SSSR count). The Labute approximate surface area is 111 Å². The lowest BCUT2D eigenvalue weighted by Crippen LogP contribution is -1.90. The fourth-order valence-electron chi connectivity index (χ4n) is 1.72. The third-order valence-electron chi connectivity index (χ3n) is 2.69. The van der Waals surface area contributed by atoms with E-state index in [1.54, 1.807) is 12.1 Å². The summed E-state index contributed by atoms with van der Waals surface area (Å²) < 4.78 is 18.3. The molecule has 0 fully saturated rings. The van der Waals surface area contributed by atoms with E-state index in [1.165, 1.54) is 19.2 Å². The summed E-state index contributed by atoms with van der Waals surface area (Å²) in [5.74, 6) is -0.310. The Morgan fingerprint density at radius 1 is 1.21 bits per heavy atom. The highest BCUT2D eigenvalue weighted by Crippen LogP contribution is 2.24. The smallest absolute Gasteiger partial charge is 0.165 e. The zero-order valence-corrected chi connectivity index (χ0v) is 10.4. The van der Waals surface area contributed by atoms with Gasteiger partial charge in [0.25, 0.3) is 0 Å². The van der Waals surface area contributed by atoms with E-state index < -0.39 is 5.82 Å². The number of nitrogens with zero attached hydrogens (tertiary/aromatic N) is 1. The van der Waals surface area contributed by atoms with E-state index in [1.807, 2.05) is 30.3 Å². The minimum absolute atomic E-state index is 0.131. The van der Waals surface area contributed by atoms with Gasteiger partial charge in [0.05, 0.1) is 18.8 Å². The molecule has 0 saturated carbocycles. The maximum atomic E-state index is 13.3. The number of rotatable bonds is 3. The number of methoxy groups -OCH3 is 1. The minimum Gasteiger partial charge on any atom is -0.494 e. The first-order valence-corrected chi connectivity index (χ1v) is 5.75. The molecule has 2 nitrogen and oxygen atoms in total. The highest BCUT2D eigenvalue weighted by atomic mass is 19.1. The Hall–Kier alpha value is -2.60. The standard InChI is InChI=1S/C16H12FNO/c1-19-16-10-13(7-8-15(16)17)14(11-18)9-12-5-3-2-4-6-12/h2-10H,1H3/b14-9-. The lowest BCUT2D eigenvalue weighted by atomic mass is 10.0. The number of benzene rings is 2. The second kappa shape index (κ2) is 5.83. The molecule has 0 heterocycles. The van der Waals surface area contributed by atoms with Gasteiger partial charge in [-0.3, -0.25) is 0 Å². The SMILES string of the molecule is COc1cc(/C(C#N)=C\c2ccccc2)ccc1F. The lowest BCUT2D eigenvalue weighted by Gasteiger charge is -2.05. The van der Waals surface area contributed by atoms with Crippen LogP contribution in [0.1, 0.15) is 11.1 Å². The number of nitriles is 1. The van der Waals surface area contributed by atoms with Crippen LogP contribution in [0, 0.1) is 17.1 Å². The quantitative estimate of drug-likeness (QED) is 0.614. The van der Waals surface area contributed by atoms with Crippen molar-refractivity contribution in [2.75, 3.05) is 7.11 Å². The van der Waals surface area contributed by atoms with E-state index in [0.29, 0.717) is 11.1 Å². The van der Waals surface area contributed by atoms with E-state index in [-0.39, 0.29) is 5.75 Å². The van der Waals surface area contributed by atoms with Gasteiger partial charge in [0.1, 0.15) is 0 Å². The molecule has 94 valence electrons. The molecule has 0 aliphatic carbocycles. The molecular weight excluding hydrogens is 241 g/mol. The van der Waals surface area contributed by atoms with Gasteiger partial charge in [-0.1, -0.05) is 36.4 Å². The molecule has 0 unspecified atom stereocenters. The highest BCUT2D eigenvalue weighted by Gasteiger charge is 2.07. The highest BCUT2D eigenvalue weighted by molar-refractivity contribution is 5.89. The fourth-order valence-corrected chi connectivity index (χ4v) is 1.72. The van der Waals surface area contributed by atoms with Crippen LogP contribution in [0.15, 0.2) is 48.5 Å². The predicted molar refractivity (Wildman–Crippen MR) is 72.9 cm³/mol. The van der Waals surface area contributed by atoms with Crippen LogP contribution in [-0.4, -0.2) is 7.11 Å². The van der Waals surface area contributed by atoms with Gasteiger partial charge in [0.15, 0.2) is 11.6 Å². The number of hydrogen-bond acceptors (Lipinski definition) is 2. The third-order valence-corrected chi connectivity index (χ3v) is 2.69. The average molecular weight is 253 g/mol. The third kappa shape index (κ3) is 2.99. The van der Waals surface area contributed by atoms with Crippen LogP contribution in [0.2, 0.25) is 0 Å². The molecule has 0 aliphatic heterocycles. The summed E-state index contributed by atoms with van der Waals surface area (Å²) in [7, 11) is 1.40. The molecule has 0 atom stereocenters. The maximum Gasteiger partial charge on any atom is 0.165 e. The maximum absolute atomic E-state index is 13.3. The van der Waals surface area contributed by atoms with Crippen LogP contribution in [-0.2, 0) is 0 Å². The lowest BCUT2D eigenvalue weighted by molar-refractivity contribution is 0.386. The molecule has 2 aromatic carbocycles. The molecule has 0 saturated heterocycles. The monoisotopic (exact) mass is 253 g/mol. The summed E-state index contributed by atoms with van der Waals surface area (Å²) in [6, 6.07) is 16.0. The van der Waals surface area contributed by atoms with Crippen molar-refractivity contribution in [3.63, 3.8) is 0 Å². The van der Waals surface area contributed by atoms with E-state index in [4.69, 9.17) is 4.74 Å². The molecular formula is C16H12FNO. The number of allylic oxidation sites excluding steroid dienone is 1.